The highest BCUT2D eigenvalue weighted by Gasteiger charge is 2.63. The molecule has 110 heavy (non-hydrogen) atoms. The average Bonchev–Trinajstić information content (AvgIpc) is 1.54. The topological polar surface area (TPSA) is 174 Å². The number of fused-ring (bicyclic) bond motifs is 12. The summed E-state index contributed by atoms with van der Waals surface area (Å²) < 4.78 is 122. The predicted molar refractivity (Wildman–Crippen MR) is 414 cm³/mol. The van der Waals surface area contributed by atoms with Crippen LogP contribution < -0.4 is 0 Å². The van der Waals surface area contributed by atoms with Crippen LogP contribution in [0, 0.1) is 23.7 Å². The van der Waals surface area contributed by atoms with Gasteiger partial charge < -0.3 is 80.5 Å². The molecule has 586 valence electrons. The summed E-state index contributed by atoms with van der Waals surface area (Å²) >= 11 is 0. The van der Waals surface area contributed by atoms with Crippen molar-refractivity contribution in [2.24, 2.45) is 23.7 Å². The highest BCUT2D eigenvalue weighted by atomic mass is 16.7. The molecule has 0 amide bonds. The van der Waals surface area contributed by atoms with Gasteiger partial charge in [-0.3, -0.25) is 4.79 Å². The van der Waals surface area contributed by atoms with Gasteiger partial charge in [0, 0.05) is 43.9 Å². The van der Waals surface area contributed by atoms with Gasteiger partial charge in [-0.1, -0.05) is 179 Å². The Kier molecular flexibility index (Phi) is 22.1. The monoisotopic (exact) mass is 1500 g/mol. The van der Waals surface area contributed by atoms with Crippen LogP contribution in [-0.2, 0) is 105 Å². The van der Waals surface area contributed by atoms with Crippen molar-refractivity contribution in [1.29, 1.82) is 0 Å². The van der Waals surface area contributed by atoms with Crippen molar-refractivity contribution in [3.63, 3.8) is 0 Å². The molecule has 0 aliphatic carbocycles. The molecular formula is C92H110O18. The smallest absolute Gasteiger partial charge is 0.308 e. The van der Waals surface area contributed by atoms with Gasteiger partial charge in [-0.05, 0) is 124 Å². The van der Waals surface area contributed by atoms with Crippen molar-refractivity contribution in [1.82, 2.24) is 0 Å². The number of hydrogen-bond donors (Lipinski definition) is 0. The molecule has 12 aliphatic rings. The summed E-state index contributed by atoms with van der Waals surface area (Å²) in [5.41, 5.74) is 2.15. The van der Waals surface area contributed by atoms with E-state index in [4.69, 9.17) is 80.5 Å². The van der Waals surface area contributed by atoms with Gasteiger partial charge in [0.15, 0.2) is 5.79 Å². The van der Waals surface area contributed by atoms with E-state index in [0.717, 1.165) is 46.7 Å². The van der Waals surface area contributed by atoms with E-state index < -0.39 is 90.6 Å². The Hall–Kier alpha value is -6.11. The molecule has 6 aromatic carbocycles. The molecule has 6 aromatic rings. The van der Waals surface area contributed by atoms with E-state index >= 15 is 0 Å². The number of methoxy groups -OCH3 is 1. The lowest BCUT2D eigenvalue weighted by Gasteiger charge is -2.53. The van der Waals surface area contributed by atoms with Crippen LogP contribution in [0.4, 0.5) is 0 Å². The number of hydrogen-bond acceptors (Lipinski definition) is 18. The fourth-order valence-electron chi connectivity index (χ4n) is 20.7. The van der Waals surface area contributed by atoms with Crippen LogP contribution in [0.1, 0.15) is 128 Å². The molecule has 18 nitrogen and oxygen atoms in total. The van der Waals surface area contributed by atoms with Crippen molar-refractivity contribution in [2.75, 3.05) is 20.3 Å². The van der Waals surface area contributed by atoms with Gasteiger partial charge in [-0.2, -0.15) is 0 Å². The van der Waals surface area contributed by atoms with Crippen LogP contribution in [0.3, 0.4) is 0 Å². The second kappa shape index (κ2) is 32.3. The molecule has 18 rings (SSSR count). The second-order valence-electron chi connectivity index (χ2n) is 33.9. The number of benzene rings is 6. The molecule has 0 radical (unpaired) electrons. The van der Waals surface area contributed by atoms with Crippen molar-refractivity contribution >= 4 is 38.3 Å². The summed E-state index contributed by atoms with van der Waals surface area (Å²) in [6, 6.07) is 44.8. The van der Waals surface area contributed by atoms with Crippen LogP contribution >= 0.6 is 0 Å². The second-order valence-corrected chi connectivity index (χ2v) is 33.9. The third-order valence-corrected chi connectivity index (χ3v) is 26.8. The zero-order valence-corrected chi connectivity index (χ0v) is 64.4. The SMILES string of the molecule is C=CC[C@H]1O[C@H]2C=C[C@H]3O[C@H]4[C@H](OCc5ccc6ccccc6c5)[C@H]5OCC=CC[C@@H]5O[C@@H]4C[C@@H]3O[C@@H]2C/C=C\[C@@H]1O[C@@H]1C[C@@H](OCc2ccc3ccccc3c2)[C@]2(C)O[C@@H]3C[C@H](C)C[C@@H]4O[C@@H]5[C@@H](C)[C@H](OCc6ccc7ccccc7c6)[C@@H]6O[C@]7(CCCO7)[C@@H](C)[C@H](C)[C@H]6O[C@H]5C[C@H]4O[C@H]3C[C@H]2O[C@H]1CC(=O)OC. The van der Waals surface area contributed by atoms with Gasteiger partial charge in [-0.25, -0.2) is 0 Å². The molecule has 18 heteroatoms. The maximum Gasteiger partial charge on any atom is 0.308 e. The number of ether oxygens (including phenoxy) is 17. The molecule has 0 N–H and O–H groups in total. The summed E-state index contributed by atoms with van der Waals surface area (Å²) in [7, 11) is 1.42. The Morgan fingerprint density at radius 2 is 1.12 bits per heavy atom. The largest absolute Gasteiger partial charge is 0.469 e. The third-order valence-electron chi connectivity index (χ3n) is 26.8. The number of rotatable bonds is 15. The number of carbonyl (C=O) groups is 1. The van der Waals surface area contributed by atoms with E-state index in [1.54, 1.807) is 0 Å². The highest BCUT2D eigenvalue weighted by molar-refractivity contribution is 5.84. The lowest BCUT2D eigenvalue weighted by Crippen LogP contribution is -2.64. The van der Waals surface area contributed by atoms with Gasteiger partial charge in [0.25, 0.3) is 0 Å². The van der Waals surface area contributed by atoms with E-state index in [1.807, 2.05) is 6.08 Å². The van der Waals surface area contributed by atoms with Gasteiger partial charge in [0.1, 0.15) is 48.3 Å². The van der Waals surface area contributed by atoms with Crippen LogP contribution in [0.15, 0.2) is 177 Å². The zero-order chi connectivity index (χ0) is 74.8. The third kappa shape index (κ3) is 15.1. The average molecular weight is 1500 g/mol. The van der Waals surface area contributed by atoms with Gasteiger partial charge in [0.2, 0.25) is 0 Å². The van der Waals surface area contributed by atoms with E-state index in [2.05, 4.69) is 205 Å². The Morgan fingerprint density at radius 3 is 1.80 bits per heavy atom. The van der Waals surface area contributed by atoms with Crippen LogP contribution in [0.2, 0.25) is 0 Å². The molecule has 12 aliphatic heterocycles. The molecule has 9 fully saturated rings. The van der Waals surface area contributed by atoms with E-state index in [1.165, 1.54) is 28.7 Å². The van der Waals surface area contributed by atoms with Gasteiger partial charge in [0.05, 0.1) is 150 Å². The Balaban J connectivity index is 0.612. The molecule has 0 unspecified atom stereocenters. The first-order chi connectivity index (χ1) is 53.7. The summed E-state index contributed by atoms with van der Waals surface area (Å²) in [6.45, 7) is 17.8. The Bertz CT molecular complexity index is 4310. The van der Waals surface area contributed by atoms with E-state index in [0.29, 0.717) is 77.8 Å². The first-order valence-corrected chi connectivity index (χ1v) is 41.2. The number of carbonyl (C=O) groups excluding carboxylic acids is 1. The van der Waals surface area contributed by atoms with Gasteiger partial charge in [-0.15, -0.1) is 6.58 Å². The first kappa shape index (κ1) is 75.3. The van der Waals surface area contributed by atoms with E-state index in [-0.39, 0.29) is 110 Å². The van der Waals surface area contributed by atoms with Crippen LogP contribution in [-0.4, -0.2) is 184 Å². The molecule has 1 spiro atoms. The van der Waals surface area contributed by atoms with Crippen LogP contribution in [0.5, 0.6) is 0 Å². The van der Waals surface area contributed by atoms with Crippen molar-refractivity contribution in [2.45, 2.75) is 289 Å². The fraction of sp³-hybridized carbons (Fsp3) is 0.576. The minimum atomic E-state index is -1.05. The lowest BCUT2D eigenvalue weighted by atomic mass is 9.76. The first-order valence-electron chi connectivity index (χ1n) is 41.2. The molecule has 30 atom stereocenters. The summed E-state index contributed by atoms with van der Waals surface area (Å²) in [4.78, 5) is 14.1. The molecular weight excluding hydrogens is 1390 g/mol. The van der Waals surface area contributed by atoms with Gasteiger partial charge >= 0.3 is 5.97 Å². The summed E-state index contributed by atoms with van der Waals surface area (Å²) in [6.07, 6.45) is 11.2. The standard InChI is InChI=1S/C92H110O18/c1-8-19-66-67(27-17-28-68-69(100-66)35-36-70-73(101-68)45-80-88(106-70)89(87-71(103-80)26-15-16-38-95-87)98-52-59-31-34-62-22-11-14-25-65(62)44-59)102-75-47-81(96-50-57-29-32-60-20-9-12-23-63(60)42-57)91(6)82(105-77(75)49-83(93)94-7)48-76-78(109-91)41-53(2)40-72-74(104-76)46-79-84(107-72)55(4)85(97-51-58-30-33-61-21-10-13-24-64(61)43-58)90-86(108-79)54(3)56(5)92(110-90)37-18-39-99-92/h8-17,20-25,27,29-36,42-44,53-56,66-82,84-90H,1,18-19,26,28,37-41,45-52H2,2-7H3/b27-17-/t53-,54+,55-,56+,66-,67+,68-,69+,70-,71+,72+,73+,74-,75-,76+,77+,78-,79+,80-,81-,82-,84-,85+,86-,87+,88-,89-,90+,91+,92-/m1/s1. The summed E-state index contributed by atoms with van der Waals surface area (Å²) in [5, 5.41) is 7.00. The summed E-state index contributed by atoms with van der Waals surface area (Å²) in [5.74, 6) is -0.918. The molecule has 0 bridgehead atoms. The van der Waals surface area contributed by atoms with Crippen molar-refractivity contribution < 1.29 is 85.3 Å². The molecule has 0 saturated carbocycles. The van der Waals surface area contributed by atoms with Crippen LogP contribution in [0.25, 0.3) is 32.3 Å². The Morgan fingerprint density at radius 1 is 0.518 bits per heavy atom. The predicted octanol–water partition coefficient (Wildman–Crippen LogP) is 15.0. The normalized spacial score (nSPS) is 41.9. The zero-order valence-electron chi connectivity index (χ0n) is 64.4. The van der Waals surface area contributed by atoms with Crippen molar-refractivity contribution in [3.8, 4) is 0 Å². The van der Waals surface area contributed by atoms with E-state index in [9.17, 15) is 4.79 Å². The van der Waals surface area contributed by atoms with Crippen molar-refractivity contribution in [3.05, 3.63) is 193 Å². The molecule has 0 aromatic heterocycles. The molecule has 9 saturated heterocycles. The fourth-order valence-corrected chi connectivity index (χ4v) is 20.7. The maximum atomic E-state index is 14.1. The maximum absolute atomic E-state index is 14.1. The minimum Gasteiger partial charge on any atom is -0.469 e. The highest BCUT2D eigenvalue weighted by Crippen LogP contribution is 2.53. The lowest BCUT2D eigenvalue weighted by molar-refractivity contribution is -0.342. The minimum absolute atomic E-state index is 0.0745. The number of esters is 1. The Labute approximate surface area is 646 Å². The molecule has 12 heterocycles. The quantitative estimate of drug-likeness (QED) is 0.0701.